The molecule has 1 unspecified atom stereocenters. The molecule has 0 aromatic carbocycles. The zero-order valence-corrected chi connectivity index (χ0v) is 14.2. The Morgan fingerprint density at radius 3 is 2.81 bits per heavy atom. The zero-order valence-electron chi connectivity index (χ0n) is 14.2. The molecule has 0 saturated heterocycles. The zero-order chi connectivity index (χ0) is 19.2. The molecule has 8 nitrogen and oxygen atoms in total. The van der Waals surface area contributed by atoms with Crippen molar-refractivity contribution in [3.05, 3.63) is 53.8 Å². The second kappa shape index (κ2) is 6.25. The molecule has 0 radical (unpaired) electrons. The van der Waals surface area contributed by atoms with Gasteiger partial charge in [0.05, 0.1) is 12.6 Å². The predicted octanol–water partition coefficient (Wildman–Crippen LogP) is 2.35. The van der Waals surface area contributed by atoms with Gasteiger partial charge in [0.2, 0.25) is 5.82 Å². The van der Waals surface area contributed by atoms with E-state index in [9.17, 15) is 18.0 Å². The van der Waals surface area contributed by atoms with Crippen molar-refractivity contribution in [2.45, 2.75) is 32.2 Å². The van der Waals surface area contributed by atoms with Crippen LogP contribution < -0.4 is 0 Å². The molecule has 0 fully saturated rings. The maximum absolute atomic E-state index is 13.0. The first-order valence-electron chi connectivity index (χ1n) is 8.22. The molecular formula is C16H15F3N6O2. The van der Waals surface area contributed by atoms with Crippen molar-refractivity contribution >= 4 is 5.91 Å². The minimum absolute atomic E-state index is 0.0336. The fraction of sp³-hybridized carbons (Fsp3) is 0.375. The quantitative estimate of drug-likeness (QED) is 0.697. The lowest BCUT2D eigenvalue weighted by Crippen LogP contribution is -2.41. The van der Waals surface area contributed by atoms with Gasteiger partial charge in [-0.05, 0) is 25.1 Å². The number of hydrogen-bond donors (Lipinski definition) is 0. The summed E-state index contributed by atoms with van der Waals surface area (Å²) in [6.45, 7) is 2.06. The molecule has 3 aromatic rings. The molecule has 142 valence electrons. The Bertz CT molecular complexity index is 959. The van der Waals surface area contributed by atoms with Gasteiger partial charge in [-0.1, -0.05) is 0 Å². The molecule has 0 bridgehead atoms. The van der Waals surface area contributed by atoms with E-state index in [2.05, 4.69) is 15.3 Å². The summed E-state index contributed by atoms with van der Waals surface area (Å²) in [4.78, 5) is 14.2. The van der Waals surface area contributed by atoms with Gasteiger partial charge in [0, 0.05) is 25.5 Å². The lowest BCUT2D eigenvalue weighted by molar-refractivity contribution is -0.148. The number of alkyl halides is 3. The van der Waals surface area contributed by atoms with E-state index in [1.54, 1.807) is 42.2 Å². The Hall–Kier alpha value is -3.11. The molecule has 0 saturated carbocycles. The van der Waals surface area contributed by atoms with Gasteiger partial charge in [0.1, 0.15) is 5.76 Å². The number of carbonyl (C=O) groups excluding carboxylic acids is 1. The minimum Gasteiger partial charge on any atom is -0.454 e. The SMILES string of the molecule is CC1c2nnc(C(F)(F)F)n2CCN1C(=O)c1ccc(Cn2cccn2)o1. The highest BCUT2D eigenvalue weighted by molar-refractivity contribution is 5.91. The van der Waals surface area contributed by atoms with Crippen molar-refractivity contribution in [2.24, 2.45) is 0 Å². The highest BCUT2D eigenvalue weighted by atomic mass is 19.4. The lowest BCUT2D eigenvalue weighted by Gasteiger charge is -2.33. The van der Waals surface area contributed by atoms with E-state index < -0.39 is 23.9 Å². The van der Waals surface area contributed by atoms with Crippen molar-refractivity contribution in [3.63, 3.8) is 0 Å². The normalized spacial score (nSPS) is 17.2. The van der Waals surface area contributed by atoms with Gasteiger partial charge in [-0.2, -0.15) is 18.3 Å². The number of halogens is 3. The molecule has 0 aliphatic carbocycles. The fourth-order valence-corrected chi connectivity index (χ4v) is 3.15. The van der Waals surface area contributed by atoms with Crippen LogP contribution in [0, 0.1) is 0 Å². The molecule has 11 heteroatoms. The Morgan fingerprint density at radius 1 is 1.30 bits per heavy atom. The van der Waals surface area contributed by atoms with E-state index in [1.807, 2.05) is 0 Å². The number of nitrogens with zero attached hydrogens (tertiary/aromatic N) is 6. The fourth-order valence-electron chi connectivity index (χ4n) is 3.15. The van der Waals surface area contributed by atoms with Crippen LogP contribution >= 0.6 is 0 Å². The number of aromatic nitrogens is 5. The van der Waals surface area contributed by atoms with E-state index in [1.165, 1.54) is 4.90 Å². The van der Waals surface area contributed by atoms with Crippen molar-refractivity contribution in [3.8, 4) is 0 Å². The van der Waals surface area contributed by atoms with Crippen LogP contribution in [0.3, 0.4) is 0 Å². The molecule has 0 spiro atoms. The second-order valence-electron chi connectivity index (χ2n) is 6.18. The van der Waals surface area contributed by atoms with Crippen LogP contribution in [0.2, 0.25) is 0 Å². The third-order valence-corrected chi connectivity index (χ3v) is 4.45. The van der Waals surface area contributed by atoms with Gasteiger partial charge in [0.25, 0.3) is 5.91 Å². The van der Waals surface area contributed by atoms with Gasteiger partial charge < -0.3 is 13.9 Å². The highest BCUT2D eigenvalue weighted by Crippen LogP contribution is 2.33. The van der Waals surface area contributed by atoms with Crippen molar-refractivity contribution in [1.29, 1.82) is 0 Å². The van der Waals surface area contributed by atoms with Crippen LogP contribution in [0.5, 0.6) is 0 Å². The topological polar surface area (TPSA) is 82.0 Å². The van der Waals surface area contributed by atoms with Gasteiger partial charge in [-0.25, -0.2) is 0 Å². The van der Waals surface area contributed by atoms with Gasteiger partial charge in [0.15, 0.2) is 11.6 Å². The van der Waals surface area contributed by atoms with Crippen LogP contribution in [0.25, 0.3) is 0 Å². The number of carbonyl (C=O) groups is 1. The molecule has 27 heavy (non-hydrogen) atoms. The molecule has 1 amide bonds. The smallest absolute Gasteiger partial charge is 0.451 e. The summed E-state index contributed by atoms with van der Waals surface area (Å²) in [5, 5.41) is 11.0. The van der Waals surface area contributed by atoms with Gasteiger partial charge >= 0.3 is 6.18 Å². The minimum atomic E-state index is -4.58. The number of fused-ring (bicyclic) bond motifs is 1. The summed E-state index contributed by atoms with van der Waals surface area (Å²) in [6.07, 6.45) is -1.18. The average Bonchev–Trinajstić information content (AvgIpc) is 3.34. The summed E-state index contributed by atoms with van der Waals surface area (Å²) in [6, 6.07) is 4.34. The summed E-state index contributed by atoms with van der Waals surface area (Å²) in [5.74, 6) is -0.680. The average molecular weight is 380 g/mol. The monoisotopic (exact) mass is 380 g/mol. The Kier molecular flexibility index (Phi) is 4.01. The Balaban J connectivity index is 1.53. The molecular weight excluding hydrogens is 365 g/mol. The van der Waals surface area contributed by atoms with Crippen molar-refractivity contribution in [2.75, 3.05) is 6.54 Å². The number of furan rings is 1. The number of rotatable bonds is 3. The molecule has 0 N–H and O–H groups in total. The maximum Gasteiger partial charge on any atom is 0.451 e. The van der Waals surface area contributed by atoms with Crippen LogP contribution in [-0.4, -0.2) is 41.9 Å². The first kappa shape index (κ1) is 17.3. The third-order valence-electron chi connectivity index (χ3n) is 4.45. The third kappa shape index (κ3) is 3.09. The molecule has 4 heterocycles. The van der Waals surface area contributed by atoms with Crippen molar-refractivity contribution in [1.82, 2.24) is 29.4 Å². The summed E-state index contributed by atoms with van der Waals surface area (Å²) < 4.78 is 47.2. The van der Waals surface area contributed by atoms with Gasteiger partial charge in [-0.15, -0.1) is 10.2 Å². The summed E-state index contributed by atoms with van der Waals surface area (Å²) in [5.41, 5.74) is 0. The van der Waals surface area contributed by atoms with E-state index in [-0.39, 0.29) is 24.7 Å². The van der Waals surface area contributed by atoms with Crippen LogP contribution in [0.4, 0.5) is 13.2 Å². The standard InChI is InChI=1S/C16H15F3N6O2/c1-10-13-21-22-15(16(17,18)19)25(13)8-7-24(10)14(26)12-4-3-11(27-12)9-23-6-2-5-20-23/h2-6,10H,7-9H2,1H3. The maximum atomic E-state index is 13.0. The van der Waals surface area contributed by atoms with Crippen LogP contribution in [-0.2, 0) is 19.3 Å². The number of hydrogen-bond acceptors (Lipinski definition) is 5. The van der Waals surface area contributed by atoms with E-state index >= 15 is 0 Å². The Labute approximate surface area is 151 Å². The van der Waals surface area contributed by atoms with E-state index in [0.29, 0.717) is 12.3 Å². The molecule has 1 aliphatic rings. The highest BCUT2D eigenvalue weighted by Gasteiger charge is 2.42. The first-order chi connectivity index (χ1) is 12.8. The second-order valence-corrected chi connectivity index (χ2v) is 6.18. The van der Waals surface area contributed by atoms with Crippen LogP contribution in [0.15, 0.2) is 35.0 Å². The summed E-state index contributed by atoms with van der Waals surface area (Å²) in [7, 11) is 0. The number of amides is 1. The van der Waals surface area contributed by atoms with Gasteiger partial charge in [-0.3, -0.25) is 9.48 Å². The van der Waals surface area contributed by atoms with Crippen molar-refractivity contribution < 1.29 is 22.4 Å². The van der Waals surface area contributed by atoms with Crippen LogP contribution in [0.1, 0.15) is 40.9 Å². The molecule has 4 rings (SSSR count). The first-order valence-corrected chi connectivity index (χ1v) is 8.22. The predicted molar refractivity (Wildman–Crippen MR) is 84.5 cm³/mol. The molecule has 3 aromatic heterocycles. The lowest BCUT2D eigenvalue weighted by atomic mass is 10.2. The largest absolute Gasteiger partial charge is 0.454 e. The van der Waals surface area contributed by atoms with E-state index in [0.717, 1.165) is 4.57 Å². The van der Waals surface area contributed by atoms with E-state index in [4.69, 9.17) is 4.42 Å². The molecule has 1 atom stereocenters. The Morgan fingerprint density at radius 2 is 2.11 bits per heavy atom. The molecule has 1 aliphatic heterocycles. The summed E-state index contributed by atoms with van der Waals surface area (Å²) >= 11 is 0.